The van der Waals surface area contributed by atoms with E-state index in [1.54, 1.807) is 0 Å². The van der Waals surface area contributed by atoms with Crippen molar-refractivity contribution in [1.29, 1.82) is 0 Å². The summed E-state index contributed by atoms with van der Waals surface area (Å²) in [6, 6.07) is 7.15. The maximum Gasteiger partial charge on any atom is 0.430 e. The Morgan fingerprint density at radius 1 is 0.456 bits per heavy atom. The van der Waals surface area contributed by atoms with Gasteiger partial charge in [-0.1, -0.05) is 0 Å². The van der Waals surface area contributed by atoms with Crippen molar-refractivity contribution in [2.75, 3.05) is 0 Å². The Morgan fingerprint density at radius 2 is 0.684 bits per heavy atom. The van der Waals surface area contributed by atoms with Crippen LogP contribution >= 0.6 is 0 Å². The van der Waals surface area contributed by atoms with Crippen LogP contribution in [0.15, 0.2) is 48.5 Å². The minimum Gasteiger partial charge on any atom is -0.452 e. The standard InChI is InChI=1S/C35H36F12O10/c1-26(2,24(50)54-20-13-9-18(10-14-20)22(48)56-28(5,6)30(52,32(36,37)38)33(39,40)41)17-27(3,4)25(51)55-21-15-11-19(12-16-21)23(49)57-29(7,8)31(53,34(42,43)44)35(45,46)47/h9-16,52-53H,17H2,1-8H3. The van der Waals surface area contributed by atoms with Crippen LogP contribution < -0.4 is 9.47 Å². The van der Waals surface area contributed by atoms with Crippen LogP contribution in [0.25, 0.3) is 0 Å². The minimum absolute atomic E-state index is 0.207. The normalized spacial score (nSPS) is 14.1. The quantitative estimate of drug-likeness (QED) is 0.122. The molecule has 0 heterocycles. The molecule has 0 radical (unpaired) electrons. The first-order valence-electron chi connectivity index (χ1n) is 16.0. The highest BCUT2D eigenvalue weighted by molar-refractivity contribution is 5.91. The summed E-state index contributed by atoms with van der Waals surface area (Å²) in [4.78, 5) is 51.1. The first kappa shape index (κ1) is 48.5. The molecule has 0 unspecified atom stereocenters. The van der Waals surface area contributed by atoms with E-state index < -0.39 is 92.9 Å². The van der Waals surface area contributed by atoms with E-state index in [4.69, 9.17) is 9.47 Å². The van der Waals surface area contributed by atoms with E-state index in [-0.39, 0.29) is 45.6 Å². The molecule has 2 rings (SSSR count). The van der Waals surface area contributed by atoms with Crippen molar-refractivity contribution in [3.05, 3.63) is 59.7 Å². The van der Waals surface area contributed by atoms with Gasteiger partial charge in [0.2, 0.25) is 0 Å². The number of esters is 4. The molecule has 2 aromatic carbocycles. The first-order chi connectivity index (χ1) is 25.2. The van der Waals surface area contributed by atoms with Gasteiger partial charge in [0.1, 0.15) is 11.5 Å². The lowest BCUT2D eigenvalue weighted by Gasteiger charge is -2.43. The molecule has 0 spiro atoms. The van der Waals surface area contributed by atoms with Gasteiger partial charge in [-0.2, -0.15) is 52.7 Å². The van der Waals surface area contributed by atoms with Crippen molar-refractivity contribution in [2.24, 2.45) is 10.8 Å². The Morgan fingerprint density at radius 3 is 0.895 bits per heavy atom. The summed E-state index contributed by atoms with van der Waals surface area (Å²) in [6.45, 7) is 6.22. The molecule has 320 valence electrons. The zero-order valence-electron chi connectivity index (χ0n) is 31.0. The lowest BCUT2D eigenvalue weighted by Crippen LogP contribution is -2.69. The van der Waals surface area contributed by atoms with E-state index in [1.165, 1.54) is 27.7 Å². The number of carbonyl (C=O) groups excluding carboxylic acids is 4. The summed E-state index contributed by atoms with van der Waals surface area (Å²) in [5.41, 5.74) is -22.2. The van der Waals surface area contributed by atoms with Crippen molar-refractivity contribution >= 4 is 23.9 Å². The molecule has 0 aliphatic rings. The Bertz CT molecular complexity index is 1640. The molecule has 0 aliphatic carbocycles. The number of halogens is 12. The third-order valence-corrected chi connectivity index (χ3v) is 8.67. The molecule has 22 heteroatoms. The Kier molecular flexibility index (Phi) is 13.0. The maximum atomic E-state index is 13.3. The van der Waals surface area contributed by atoms with Gasteiger partial charge in [-0.3, -0.25) is 9.59 Å². The van der Waals surface area contributed by atoms with E-state index in [0.717, 1.165) is 48.5 Å². The van der Waals surface area contributed by atoms with Crippen molar-refractivity contribution in [3.8, 4) is 11.5 Å². The van der Waals surface area contributed by atoms with Gasteiger partial charge in [0.25, 0.3) is 11.2 Å². The van der Waals surface area contributed by atoms with Gasteiger partial charge in [-0.15, -0.1) is 0 Å². The monoisotopic (exact) mass is 844 g/mol. The summed E-state index contributed by atoms with van der Waals surface area (Å²) in [6.07, 6.45) is -25.5. The smallest absolute Gasteiger partial charge is 0.430 e. The molecule has 2 N–H and O–H groups in total. The molecule has 0 amide bonds. The summed E-state index contributed by atoms with van der Waals surface area (Å²) in [5, 5.41) is 19.3. The second-order valence-corrected chi connectivity index (χ2v) is 15.0. The van der Waals surface area contributed by atoms with Crippen LogP contribution in [0.4, 0.5) is 52.7 Å². The van der Waals surface area contributed by atoms with Crippen LogP contribution in [0, 0.1) is 10.8 Å². The Labute approximate surface area is 316 Å². The van der Waals surface area contributed by atoms with Crippen molar-refractivity contribution in [1.82, 2.24) is 0 Å². The fraction of sp³-hybridized carbons (Fsp3) is 0.543. The molecular weight excluding hydrogens is 808 g/mol. The highest BCUT2D eigenvalue weighted by atomic mass is 19.4. The van der Waals surface area contributed by atoms with E-state index in [9.17, 15) is 82.1 Å². The van der Waals surface area contributed by atoms with Crippen LogP contribution in [0.1, 0.15) is 82.5 Å². The molecule has 0 bridgehead atoms. The predicted molar refractivity (Wildman–Crippen MR) is 169 cm³/mol. The summed E-state index contributed by atoms with van der Waals surface area (Å²) in [5.74, 6) is -5.90. The van der Waals surface area contributed by atoms with Crippen LogP contribution in [0.5, 0.6) is 11.5 Å². The number of rotatable bonds is 12. The highest BCUT2D eigenvalue weighted by Gasteiger charge is 2.79. The van der Waals surface area contributed by atoms with E-state index >= 15 is 0 Å². The van der Waals surface area contributed by atoms with Crippen molar-refractivity contribution in [3.63, 3.8) is 0 Å². The fourth-order valence-electron chi connectivity index (χ4n) is 5.47. The Hall–Kier alpha value is -4.60. The number of hydrogen-bond donors (Lipinski definition) is 2. The van der Waals surface area contributed by atoms with Gasteiger partial charge in [0.15, 0.2) is 11.2 Å². The topological polar surface area (TPSA) is 146 Å². The van der Waals surface area contributed by atoms with Crippen LogP contribution in [0.2, 0.25) is 0 Å². The van der Waals surface area contributed by atoms with Crippen molar-refractivity contribution in [2.45, 2.75) is 109 Å². The molecule has 0 atom stereocenters. The second-order valence-electron chi connectivity index (χ2n) is 15.0. The average molecular weight is 845 g/mol. The van der Waals surface area contributed by atoms with Gasteiger partial charge < -0.3 is 29.2 Å². The van der Waals surface area contributed by atoms with Gasteiger partial charge in [-0.25, -0.2) is 9.59 Å². The number of carbonyl (C=O) groups is 4. The third-order valence-electron chi connectivity index (χ3n) is 8.67. The predicted octanol–water partition coefficient (Wildman–Crippen LogP) is 8.22. The molecule has 57 heavy (non-hydrogen) atoms. The lowest BCUT2D eigenvalue weighted by molar-refractivity contribution is -0.407. The number of benzene rings is 2. The minimum atomic E-state index is -6.30. The number of aliphatic hydroxyl groups is 2. The molecule has 0 saturated carbocycles. The van der Waals surface area contributed by atoms with Crippen LogP contribution in [-0.2, 0) is 19.1 Å². The SMILES string of the molecule is CC(C)(CC(C)(C)C(=O)Oc1ccc(C(=O)OC(C)(C)C(O)(C(F)(F)F)C(F)(F)F)cc1)C(=O)Oc1ccc(C(=O)OC(C)(C)C(O)(C(F)(F)F)C(F)(F)F)cc1. The van der Waals surface area contributed by atoms with Gasteiger partial charge in [-0.05, 0) is 110 Å². The fourth-order valence-corrected chi connectivity index (χ4v) is 5.47. The largest absolute Gasteiger partial charge is 0.452 e. The van der Waals surface area contributed by atoms with Gasteiger partial charge in [0, 0.05) is 0 Å². The molecular formula is C35H36F12O10. The molecule has 0 fully saturated rings. The van der Waals surface area contributed by atoms with Crippen molar-refractivity contribution < 1.29 is 101 Å². The van der Waals surface area contributed by atoms with E-state index in [0.29, 0.717) is 0 Å². The molecule has 2 aromatic rings. The number of alkyl halides is 12. The van der Waals surface area contributed by atoms with Crippen LogP contribution in [0.3, 0.4) is 0 Å². The van der Waals surface area contributed by atoms with E-state index in [1.807, 2.05) is 0 Å². The zero-order valence-corrected chi connectivity index (χ0v) is 31.0. The summed E-state index contributed by atoms with van der Waals surface area (Å²) in [7, 11) is 0. The van der Waals surface area contributed by atoms with Gasteiger partial charge >= 0.3 is 48.6 Å². The summed E-state index contributed by atoms with van der Waals surface area (Å²) < 4.78 is 179. The first-order valence-corrected chi connectivity index (χ1v) is 16.0. The number of ether oxygens (including phenoxy) is 4. The third kappa shape index (κ3) is 9.75. The second kappa shape index (κ2) is 15.3. The lowest BCUT2D eigenvalue weighted by atomic mass is 9.75. The molecule has 0 saturated heterocycles. The summed E-state index contributed by atoms with van der Waals surface area (Å²) >= 11 is 0. The molecule has 0 aliphatic heterocycles. The zero-order chi connectivity index (χ0) is 44.8. The van der Waals surface area contributed by atoms with Crippen LogP contribution in [-0.4, -0.2) is 81.2 Å². The Balaban J connectivity index is 2.13. The molecule has 0 aromatic heterocycles. The maximum absolute atomic E-state index is 13.3. The highest BCUT2D eigenvalue weighted by Crippen LogP contribution is 2.52. The number of hydrogen-bond acceptors (Lipinski definition) is 10. The molecule has 10 nitrogen and oxygen atoms in total. The van der Waals surface area contributed by atoms with Gasteiger partial charge in [0.05, 0.1) is 22.0 Å². The average Bonchev–Trinajstić information content (AvgIpc) is 3.01. The van der Waals surface area contributed by atoms with E-state index in [2.05, 4.69) is 9.47 Å².